The summed E-state index contributed by atoms with van der Waals surface area (Å²) in [7, 11) is 0. The van der Waals surface area contributed by atoms with E-state index >= 15 is 0 Å². The van der Waals surface area contributed by atoms with Crippen LogP contribution < -0.4 is 4.90 Å². The van der Waals surface area contributed by atoms with Crippen LogP contribution in [-0.4, -0.2) is 9.13 Å². The second kappa shape index (κ2) is 16.3. The normalized spacial score (nSPS) is 15.9. The van der Waals surface area contributed by atoms with Crippen LogP contribution >= 0.6 is 0 Å². The average Bonchev–Trinajstić information content (AvgIpc) is 4.07. The van der Waals surface area contributed by atoms with E-state index in [0.29, 0.717) is 0 Å². The highest BCUT2D eigenvalue weighted by atomic mass is 15.1. The highest BCUT2D eigenvalue weighted by molar-refractivity contribution is 6.19. The molecule has 2 heterocycles. The fraction of sp³-hybridized carbons (Fsp3) is 0.0746. The lowest BCUT2D eigenvalue weighted by molar-refractivity contribution is 0.660. The van der Waals surface area contributed by atoms with Crippen molar-refractivity contribution >= 4 is 44.1 Å². The Labute approximate surface area is 409 Å². The van der Waals surface area contributed by atoms with Gasteiger partial charge < -0.3 is 14.0 Å². The van der Waals surface area contributed by atoms with Crippen LogP contribution in [0, 0.1) is 0 Å². The Bertz CT molecular complexity index is 3850. The minimum atomic E-state index is -0.682. The van der Waals surface area contributed by atoms with Gasteiger partial charge in [-0.2, -0.15) is 0 Å². The Hall–Kier alpha value is -8.66. The molecule has 0 saturated heterocycles. The Morgan fingerprint density at radius 2 is 1.07 bits per heavy atom. The van der Waals surface area contributed by atoms with Gasteiger partial charge in [-0.05, 0) is 135 Å². The minimum Gasteiger partial charge on any atom is -0.316 e. The first-order chi connectivity index (χ1) is 34.4. The summed E-state index contributed by atoms with van der Waals surface area (Å²) in [4.78, 5) is 2.48. The molecule has 334 valence electrons. The summed E-state index contributed by atoms with van der Waals surface area (Å²) in [5.74, 6) is 0. The van der Waals surface area contributed by atoms with Gasteiger partial charge in [0.1, 0.15) is 0 Å². The zero-order valence-electron chi connectivity index (χ0n) is 39.4. The van der Waals surface area contributed by atoms with Crippen molar-refractivity contribution in [3.8, 4) is 22.5 Å². The molecule has 0 atom stereocenters. The number of para-hydroxylation sites is 2. The Morgan fingerprint density at radius 1 is 0.486 bits per heavy atom. The van der Waals surface area contributed by atoms with Gasteiger partial charge in [-0.3, -0.25) is 0 Å². The number of hydrogen-bond acceptors (Lipinski definition) is 1. The zero-order valence-corrected chi connectivity index (χ0v) is 39.4. The van der Waals surface area contributed by atoms with Crippen molar-refractivity contribution < 1.29 is 0 Å². The lowest BCUT2D eigenvalue weighted by atomic mass is 9.63. The standard InChI is InChI=1S/C67H51N3/c1-46-43-52(31-20-22-47-21-16-18-33-60(47)67(46,48-23-8-4-9-24-48)49-25-10-5-11-26-49)69(54-35-37-56-55-32-17-19-34-61(55)66(2,3)62(56)45-54)53-36-39-64-59(44-53)57-38-40-63-58(41-42-68(63)50-27-12-6-13-28-50)65(57)70(64)51-29-14-7-15-30-51/h4-21,23-45H,1,22H2,2-3H3/b31-20-,52-43+. The topological polar surface area (TPSA) is 13.1 Å². The van der Waals surface area contributed by atoms with Crippen molar-refractivity contribution in [1.82, 2.24) is 9.13 Å². The van der Waals surface area contributed by atoms with Gasteiger partial charge in [-0.1, -0.05) is 184 Å². The maximum atomic E-state index is 5.13. The van der Waals surface area contributed by atoms with E-state index in [9.17, 15) is 0 Å². The molecule has 9 aromatic carbocycles. The first kappa shape index (κ1) is 41.5. The summed E-state index contributed by atoms with van der Waals surface area (Å²) in [5.41, 5.74) is 19.3. The fourth-order valence-electron chi connectivity index (χ4n) is 12.0. The van der Waals surface area contributed by atoms with E-state index in [1.807, 2.05) is 0 Å². The third-order valence-corrected chi connectivity index (χ3v) is 15.2. The minimum absolute atomic E-state index is 0.189. The number of nitrogens with zero attached hydrogens (tertiary/aromatic N) is 3. The molecule has 0 saturated carbocycles. The monoisotopic (exact) mass is 897 g/mol. The number of allylic oxidation sites excluding steroid dienone is 4. The molecule has 70 heavy (non-hydrogen) atoms. The number of hydrogen-bond donors (Lipinski definition) is 0. The van der Waals surface area contributed by atoms with Crippen molar-refractivity contribution in [3.05, 3.63) is 300 Å². The van der Waals surface area contributed by atoms with Gasteiger partial charge in [0.25, 0.3) is 0 Å². The number of benzene rings is 9. The lowest BCUT2D eigenvalue weighted by Gasteiger charge is -2.39. The quantitative estimate of drug-likeness (QED) is 0.155. The molecular weight excluding hydrogens is 847 g/mol. The van der Waals surface area contributed by atoms with Crippen molar-refractivity contribution in [3.63, 3.8) is 0 Å². The van der Waals surface area contributed by atoms with Crippen molar-refractivity contribution in [2.75, 3.05) is 4.90 Å². The number of anilines is 2. The van der Waals surface area contributed by atoms with Crippen LogP contribution in [-0.2, 0) is 17.3 Å². The molecule has 13 rings (SSSR count). The van der Waals surface area contributed by atoms with Gasteiger partial charge in [-0.25, -0.2) is 0 Å². The van der Waals surface area contributed by atoms with Crippen molar-refractivity contribution in [2.24, 2.45) is 0 Å². The SMILES string of the molecule is C=C1/C=C(N(c2ccc3c(c2)C(C)(C)c2ccccc2-3)c2ccc3c(c2)c2ccc4c(ccn4-c4ccccc4)c2n3-c2ccccc2)\C=C/Cc2ccccc2C1(c1ccccc1)c1ccccc1. The summed E-state index contributed by atoms with van der Waals surface area (Å²) < 4.78 is 4.76. The van der Waals surface area contributed by atoms with Crippen molar-refractivity contribution in [2.45, 2.75) is 31.1 Å². The van der Waals surface area contributed by atoms with E-state index < -0.39 is 5.41 Å². The van der Waals surface area contributed by atoms with E-state index in [2.05, 4.69) is 277 Å². The molecule has 0 unspecified atom stereocenters. The first-order valence-electron chi connectivity index (χ1n) is 24.4. The van der Waals surface area contributed by atoms with Crippen LogP contribution in [0.1, 0.15) is 47.2 Å². The zero-order chi connectivity index (χ0) is 47.0. The molecule has 2 aliphatic rings. The van der Waals surface area contributed by atoms with Crippen LogP contribution in [0.4, 0.5) is 11.4 Å². The smallest absolute Gasteiger partial charge is 0.0699 e. The van der Waals surface area contributed by atoms with Gasteiger partial charge >= 0.3 is 0 Å². The molecule has 11 aromatic rings. The van der Waals surface area contributed by atoms with Gasteiger partial charge in [0, 0.05) is 56.2 Å². The third-order valence-electron chi connectivity index (χ3n) is 15.2. The lowest BCUT2D eigenvalue weighted by Crippen LogP contribution is -2.32. The average molecular weight is 898 g/mol. The van der Waals surface area contributed by atoms with Crippen LogP contribution in [0.5, 0.6) is 0 Å². The Kier molecular flexibility index (Phi) is 9.64. The van der Waals surface area contributed by atoms with E-state index in [-0.39, 0.29) is 5.41 Å². The fourth-order valence-corrected chi connectivity index (χ4v) is 12.0. The molecule has 3 nitrogen and oxygen atoms in total. The molecular formula is C67H51N3. The van der Waals surface area contributed by atoms with Gasteiger partial charge in [0.15, 0.2) is 0 Å². The van der Waals surface area contributed by atoms with E-state index in [0.717, 1.165) is 46.0 Å². The molecule has 0 bridgehead atoms. The summed E-state index contributed by atoms with van der Waals surface area (Å²) >= 11 is 0. The molecule has 0 spiro atoms. The molecule has 2 aromatic heterocycles. The largest absolute Gasteiger partial charge is 0.316 e. The molecule has 3 heteroatoms. The first-order valence-corrected chi connectivity index (χ1v) is 24.4. The van der Waals surface area contributed by atoms with E-state index in [4.69, 9.17) is 6.58 Å². The predicted octanol–water partition coefficient (Wildman–Crippen LogP) is 16.8. The molecule has 2 aliphatic carbocycles. The van der Waals surface area contributed by atoms with Crippen LogP contribution in [0.3, 0.4) is 0 Å². The molecule has 0 radical (unpaired) electrons. The maximum Gasteiger partial charge on any atom is 0.0699 e. The molecule has 0 aliphatic heterocycles. The van der Waals surface area contributed by atoms with E-state index in [1.165, 1.54) is 71.7 Å². The highest BCUT2D eigenvalue weighted by Crippen LogP contribution is 2.52. The van der Waals surface area contributed by atoms with Crippen LogP contribution in [0.2, 0.25) is 0 Å². The Morgan fingerprint density at radius 3 is 1.80 bits per heavy atom. The molecule has 0 amide bonds. The predicted molar refractivity (Wildman–Crippen MR) is 293 cm³/mol. The summed E-state index contributed by atoms with van der Waals surface area (Å²) in [6.07, 6.45) is 10.00. The van der Waals surface area contributed by atoms with Crippen molar-refractivity contribution in [1.29, 1.82) is 0 Å². The number of aromatic nitrogens is 2. The number of rotatable bonds is 7. The summed E-state index contributed by atoms with van der Waals surface area (Å²) in [6, 6.07) is 82.4. The molecule has 0 fully saturated rings. The third kappa shape index (κ3) is 6.28. The van der Waals surface area contributed by atoms with Gasteiger partial charge in [0.05, 0.1) is 22.0 Å². The summed E-state index contributed by atoms with van der Waals surface area (Å²) in [6.45, 7) is 9.87. The van der Waals surface area contributed by atoms with Gasteiger partial charge in [-0.15, -0.1) is 0 Å². The maximum absolute atomic E-state index is 5.13. The van der Waals surface area contributed by atoms with Crippen LogP contribution in [0.15, 0.2) is 267 Å². The highest BCUT2D eigenvalue weighted by Gasteiger charge is 2.41. The Balaban J connectivity index is 1.08. The van der Waals surface area contributed by atoms with Gasteiger partial charge in [0.2, 0.25) is 0 Å². The second-order valence-corrected chi connectivity index (χ2v) is 19.4. The second-order valence-electron chi connectivity index (χ2n) is 19.4. The summed E-state index contributed by atoms with van der Waals surface area (Å²) in [5, 5.41) is 3.60. The van der Waals surface area contributed by atoms with Crippen LogP contribution in [0.25, 0.3) is 55.2 Å². The van der Waals surface area contributed by atoms with E-state index in [1.54, 1.807) is 0 Å². The number of fused-ring (bicyclic) bond motifs is 9. The molecule has 0 N–H and O–H groups in total.